The van der Waals surface area contributed by atoms with Gasteiger partial charge in [-0.15, -0.1) is 0 Å². The van der Waals surface area contributed by atoms with Crippen molar-refractivity contribution in [3.63, 3.8) is 0 Å². The molecule has 0 saturated carbocycles. The Morgan fingerprint density at radius 2 is 2.28 bits per heavy atom. The number of hydrogen-bond acceptors (Lipinski definition) is 3. The highest BCUT2D eigenvalue weighted by Crippen LogP contribution is 2.20. The third-order valence-electron chi connectivity index (χ3n) is 2.89. The normalized spacial score (nSPS) is 12.6. The summed E-state index contributed by atoms with van der Waals surface area (Å²) < 4.78 is 1.80. The molecule has 1 N–H and O–H groups in total. The Morgan fingerprint density at radius 1 is 1.44 bits per heavy atom. The first kappa shape index (κ1) is 13.1. The molecule has 0 fully saturated rings. The van der Waals surface area contributed by atoms with E-state index in [1.165, 1.54) is 5.56 Å². The average Bonchev–Trinajstić information content (AvgIpc) is 2.74. The molecule has 1 aromatic carbocycles. The molecule has 0 spiro atoms. The predicted octanol–water partition coefficient (Wildman–Crippen LogP) is 2.36. The van der Waals surface area contributed by atoms with E-state index in [2.05, 4.69) is 28.4 Å². The predicted molar refractivity (Wildman–Crippen MR) is 72.6 cm³/mol. The van der Waals surface area contributed by atoms with Gasteiger partial charge in [-0.3, -0.25) is 4.68 Å². The lowest BCUT2D eigenvalue weighted by Crippen LogP contribution is -2.24. The first-order valence-corrected chi connectivity index (χ1v) is 6.40. The summed E-state index contributed by atoms with van der Waals surface area (Å²) in [4.78, 5) is 4.26. The number of halogens is 1. The third-order valence-corrected chi connectivity index (χ3v) is 3.13. The fourth-order valence-corrected chi connectivity index (χ4v) is 2.16. The Bertz CT molecular complexity index is 509. The second kappa shape index (κ2) is 5.98. The topological polar surface area (TPSA) is 42.7 Å². The zero-order chi connectivity index (χ0) is 13.0. The summed E-state index contributed by atoms with van der Waals surface area (Å²) in [5.74, 6) is 0.959. The number of likely N-dealkylation sites (N-methyl/N-ethyl adjacent to an activating group) is 1. The van der Waals surface area contributed by atoms with E-state index in [0.29, 0.717) is 0 Å². The van der Waals surface area contributed by atoms with Crippen molar-refractivity contribution in [2.45, 2.75) is 19.4 Å². The zero-order valence-corrected chi connectivity index (χ0v) is 11.4. The zero-order valence-electron chi connectivity index (χ0n) is 10.6. The van der Waals surface area contributed by atoms with Crippen LogP contribution in [0.3, 0.4) is 0 Å². The lowest BCUT2D eigenvalue weighted by atomic mass is 10.0. The first-order chi connectivity index (χ1) is 8.70. The summed E-state index contributed by atoms with van der Waals surface area (Å²) in [5, 5.41) is 8.30. The number of nitrogens with one attached hydrogen (secondary N) is 1. The number of benzene rings is 1. The second-order valence-corrected chi connectivity index (χ2v) is 4.61. The van der Waals surface area contributed by atoms with Gasteiger partial charge in [0, 0.05) is 24.5 Å². The lowest BCUT2D eigenvalue weighted by molar-refractivity contribution is 0.522. The molecule has 2 rings (SSSR count). The maximum atomic E-state index is 6.04. The molecular formula is C13H17ClN4. The van der Waals surface area contributed by atoms with Gasteiger partial charge >= 0.3 is 0 Å². The maximum Gasteiger partial charge on any atom is 0.138 e. The Hall–Kier alpha value is -1.39. The van der Waals surface area contributed by atoms with Crippen molar-refractivity contribution in [3.05, 3.63) is 47.0 Å². The minimum atomic E-state index is 0.205. The Labute approximate surface area is 112 Å². The van der Waals surface area contributed by atoms with Crippen LogP contribution in [0, 0.1) is 0 Å². The van der Waals surface area contributed by atoms with Crippen LogP contribution in [0.2, 0.25) is 5.02 Å². The van der Waals surface area contributed by atoms with Gasteiger partial charge in [0.05, 0.1) is 0 Å². The number of rotatable bonds is 5. The van der Waals surface area contributed by atoms with Crippen LogP contribution in [-0.4, -0.2) is 21.3 Å². The fraction of sp³-hybridized carbons (Fsp3) is 0.385. The van der Waals surface area contributed by atoms with Gasteiger partial charge < -0.3 is 5.32 Å². The minimum Gasteiger partial charge on any atom is -0.310 e. The van der Waals surface area contributed by atoms with Gasteiger partial charge in [-0.05, 0) is 24.2 Å². The largest absolute Gasteiger partial charge is 0.310 e. The van der Waals surface area contributed by atoms with Gasteiger partial charge in [-0.25, -0.2) is 4.98 Å². The number of aromatic nitrogens is 3. The van der Waals surface area contributed by atoms with Gasteiger partial charge in [0.2, 0.25) is 0 Å². The van der Waals surface area contributed by atoms with E-state index in [1.807, 2.05) is 25.2 Å². The van der Waals surface area contributed by atoms with Crippen molar-refractivity contribution >= 4 is 11.6 Å². The molecule has 0 radical (unpaired) electrons. The molecule has 1 heterocycles. The van der Waals surface area contributed by atoms with Crippen LogP contribution in [0.15, 0.2) is 30.6 Å². The number of nitrogens with zero attached hydrogens (tertiary/aromatic N) is 3. The summed E-state index contributed by atoms with van der Waals surface area (Å²) in [6, 6.07) is 8.13. The average molecular weight is 265 g/mol. The van der Waals surface area contributed by atoms with E-state index >= 15 is 0 Å². The molecule has 1 aromatic heterocycles. The molecule has 0 amide bonds. The fourth-order valence-electron chi connectivity index (χ4n) is 1.97. The molecule has 0 saturated heterocycles. The van der Waals surface area contributed by atoms with E-state index in [-0.39, 0.29) is 6.04 Å². The minimum absolute atomic E-state index is 0.205. The van der Waals surface area contributed by atoms with Gasteiger partial charge in [0.1, 0.15) is 12.2 Å². The molecule has 18 heavy (non-hydrogen) atoms. The highest BCUT2D eigenvalue weighted by molar-refractivity contribution is 6.30. The maximum absolute atomic E-state index is 6.04. The van der Waals surface area contributed by atoms with Crippen molar-refractivity contribution < 1.29 is 0 Å². The SMILES string of the molecule is CCNC(Cc1ncnn1C)c1cccc(Cl)c1. The highest BCUT2D eigenvalue weighted by Gasteiger charge is 2.14. The van der Waals surface area contributed by atoms with Crippen LogP contribution in [0.4, 0.5) is 0 Å². The monoisotopic (exact) mass is 264 g/mol. The van der Waals surface area contributed by atoms with Crippen molar-refractivity contribution in [2.75, 3.05) is 6.54 Å². The molecule has 1 unspecified atom stereocenters. The Morgan fingerprint density at radius 3 is 2.89 bits per heavy atom. The summed E-state index contributed by atoms with van der Waals surface area (Å²) >= 11 is 6.04. The first-order valence-electron chi connectivity index (χ1n) is 6.02. The second-order valence-electron chi connectivity index (χ2n) is 4.17. The summed E-state index contributed by atoms with van der Waals surface area (Å²) in [7, 11) is 1.91. The van der Waals surface area contributed by atoms with Crippen LogP contribution in [0.25, 0.3) is 0 Å². The number of aryl methyl sites for hydroxylation is 1. The van der Waals surface area contributed by atoms with E-state index in [4.69, 9.17) is 11.6 Å². The summed E-state index contributed by atoms with van der Waals surface area (Å²) in [6.07, 6.45) is 2.38. The van der Waals surface area contributed by atoms with Gasteiger partial charge in [-0.2, -0.15) is 5.10 Å². The van der Waals surface area contributed by atoms with Crippen LogP contribution in [0.5, 0.6) is 0 Å². The van der Waals surface area contributed by atoms with Gasteiger partial charge in [0.15, 0.2) is 0 Å². The van der Waals surface area contributed by atoms with Crippen LogP contribution < -0.4 is 5.32 Å². The van der Waals surface area contributed by atoms with E-state index in [0.717, 1.165) is 23.8 Å². The Kier molecular flexibility index (Phi) is 4.33. The molecule has 0 aliphatic carbocycles. The quantitative estimate of drug-likeness (QED) is 0.902. The van der Waals surface area contributed by atoms with E-state index in [1.54, 1.807) is 11.0 Å². The Balaban J connectivity index is 2.20. The molecule has 4 nitrogen and oxygen atoms in total. The molecule has 2 aromatic rings. The van der Waals surface area contributed by atoms with Gasteiger partial charge in [-0.1, -0.05) is 30.7 Å². The molecule has 0 bridgehead atoms. The lowest BCUT2D eigenvalue weighted by Gasteiger charge is -2.18. The van der Waals surface area contributed by atoms with E-state index < -0.39 is 0 Å². The molecular weight excluding hydrogens is 248 g/mol. The molecule has 1 atom stereocenters. The third kappa shape index (κ3) is 3.09. The van der Waals surface area contributed by atoms with Gasteiger partial charge in [0.25, 0.3) is 0 Å². The van der Waals surface area contributed by atoms with E-state index in [9.17, 15) is 0 Å². The summed E-state index contributed by atoms with van der Waals surface area (Å²) in [5.41, 5.74) is 1.17. The molecule has 0 aliphatic rings. The highest BCUT2D eigenvalue weighted by atomic mass is 35.5. The molecule has 0 aliphatic heterocycles. The van der Waals surface area contributed by atoms with Crippen LogP contribution in [0.1, 0.15) is 24.4 Å². The molecule has 96 valence electrons. The van der Waals surface area contributed by atoms with Crippen molar-refractivity contribution in [1.82, 2.24) is 20.1 Å². The smallest absolute Gasteiger partial charge is 0.138 e. The standard InChI is InChI=1S/C13H17ClN4/c1-3-15-12(8-13-16-9-17-18(13)2)10-5-4-6-11(14)7-10/h4-7,9,12,15H,3,8H2,1-2H3. The molecule has 5 heteroatoms. The van der Waals surface area contributed by atoms with Crippen molar-refractivity contribution in [1.29, 1.82) is 0 Å². The van der Waals surface area contributed by atoms with Crippen LogP contribution in [-0.2, 0) is 13.5 Å². The summed E-state index contributed by atoms with van der Waals surface area (Å²) in [6.45, 7) is 2.99. The van der Waals surface area contributed by atoms with Crippen molar-refractivity contribution in [2.24, 2.45) is 7.05 Å². The van der Waals surface area contributed by atoms with Crippen LogP contribution >= 0.6 is 11.6 Å². The van der Waals surface area contributed by atoms with Crippen molar-refractivity contribution in [3.8, 4) is 0 Å². The number of hydrogen-bond donors (Lipinski definition) is 1.